The highest BCUT2D eigenvalue weighted by molar-refractivity contribution is 5.80. The fraction of sp³-hybridized carbons (Fsp3) is 0.833. The van der Waals surface area contributed by atoms with E-state index >= 15 is 0 Å². The van der Waals surface area contributed by atoms with Gasteiger partial charge in [-0.25, -0.2) is 4.79 Å². The third kappa shape index (κ3) is 2.93. The Balaban J connectivity index is 1.82. The average Bonchev–Trinajstić information content (AvgIpc) is 3.11. The van der Waals surface area contributed by atoms with E-state index in [1.54, 1.807) is 4.90 Å². The van der Waals surface area contributed by atoms with Crippen LogP contribution in [0.5, 0.6) is 0 Å². The van der Waals surface area contributed by atoms with E-state index in [2.05, 4.69) is 5.32 Å². The molecule has 0 aromatic carbocycles. The maximum atomic E-state index is 12.0. The molecular formula is C12H20N2O4. The van der Waals surface area contributed by atoms with Crippen molar-refractivity contribution in [1.29, 1.82) is 0 Å². The molecule has 0 bridgehead atoms. The molecule has 1 atom stereocenters. The summed E-state index contributed by atoms with van der Waals surface area (Å²) in [4.78, 5) is 24.7. The molecule has 1 unspecified atom stereocenters. The summed E-state index contributed by atoms with van der Waals surface area (Å²) >= 11 is 0. The molecule has 1 saturated heterocycles. The number of carbonyl (C=O) groups is 2. The van der Waals surface area contributed by atoms with Crippen molar-refractivity contribution in [2.75, 3.05) is 26.2 Å². The largest absolute Gasteiger partial charge is 0.481 e. The van der Waals surface area contributed by atoms with Gasteiger partial charge in [-0.1, -0.05) is 0 Å². The van der Waals surface area contributed by atoms with Gasteiger partial charge in [0.1, 0.15) is 0 Å². The molecule has 0 spiro atoms. The first-order chi connectivity index (χ1) is 8.53. The lowest BCUT2D eigenvalue weighted by atomic mass is 10.1. The number of hydrogen-bond donors (Lipinski definition) is 2. The predicted molar refractivity (Wildman–Crippen MR) is 64.3 cm³/mol. The number of ether oxygens (including phenoxy) is 1. The van der Waals surface area contributed by atoms with Gasteiger partial charge in [0.15, 0.2) is 0 Å². The maximum Gasteiger partial charge on any atom is 0.317 e. The van der Waals surface area contributed by atoms with Gasteiger partial charge in [-0.2, -0.15) is 0 Å². The van der Waals surface area contributed by atoms with Gasteiger partial charge < -0.3 is 20.1 Å². The highest BCUT2D eigenvalue weighted by atomic mass is 16.5. The minimum Gasteiger partial charge on any atom is -0.481 e. The summed E-state index contributed by atoms with van der Waals surface area (Å²) in [5.74, 6) is -0.810. The number of carbonyl (C=O) groups excluding carboxylic acids is 1. The van der Waals surface area contributed by atoms with E-state index < -0.39 is 11.4 Å². The molecule has 102 valence electrons. The van der Waals surface area contributed by atoms with Crippen molar-refractivity contribution in [3.8, 4) is 0 Å². The smallest absolute Gasteiger partial charge is 0.317 e. The summed E-state index contributed by atoms with van der Waals surface area (Å²) in [6.07, 6.45) is 2.17. The Bertz CT molecular complexity index is 341. The quantitative estimate of drug-likeness (QED) is 0.778. The molecule has 1 aliphatic carbocycles. The fourth-order valence-corrected chi connectivity index (χ4v) is 2.15. The van der Waals surface area contributed by atoms with Crippen molar-refractivity contribution in [2.24, 2.45) is 5.41 Å². The summed E-state index contributed by atoms with van der Waals surface area (Å²) < 4.78 is 5.46. The van der Waals surface area contributed by atoms with E-state index in [0.717, 1.165) is 6.42 Å². The van der Waals surface area contributed by atoms with Gasteiger partial charge in [-0.05, 0) is 26.2 Å². The van der Waals surface area contributed by atoms with Crippen LogP contribution < -0.4 is 5.32 Å². The molecule has 2 amide bonds. The highest BCUT2D eigenvalue weighted by Gasteiger charge is 2.50. The van der Waals surface area contributed by atoms with E-state index in [4.69, 9.17) is 9.84 Å². The van der Waals surface area contributed by atoms with Gasteiger partial charge in [0.05, 0.1) is 11.5 Å². The number of hydrogen-bond acceptors (Lipinski definition) is 3. The number of aliphatic carboxylic acids is 1. The molecule has 1 heterocycles. The molecule has 0 aromatic rings. The van der Waals surface area contributed by atoms with E-state index in [1.165, 1.54) is 0 Å². The van der Waals surface area contributed by atoms with Crippen molar-refractivity contribution < 1.29 is 19.4 Å². The Labute approximate surface area is 106 Å². The number of nitrogens with one attached hydrogen (secondary N) is 1. The second kappa shape index (κ2) is 5.14. The van der Waals surface area contributed by atoms with Crippen LogP contribution in [-0.4, -0.2) is 54.4 Å². The Morgan fingerprint density at radius 2 is 2.22 bits per heavy atom. The number of carboxylic acid groups (broad SMARTS) is 1. The molecule has 2 fully saturated rings. The number of rotatable bonds is 3. The monoisotopic (exact) mass is 256 g/mol. The summed E-state index contributed by atoms with van der Waals surface area (Å²) in [7, 11) is 0. The van der Waals surface area contributed by atoms with E-state index in [1.807, 2.05) is 6.92 Å². The molecule has 2 N–H and O–H groups in total. The van der Waals surface area contributed by atoms with Crippen molar-refractivity contribution in [1.82, 2.24) is 10.2 Å². The van der Waals surface area contributed by atoms with Gasteiger partial charge in [-0.15, -0.1) is 0 Å². The zero-order valence-electron chi connectivity index (χ0n) is 10.6. The highest BCUT2D eigenvalue weighted by Crippen LogP contribution is 2.45. The topological polar surface area (TPSA) is 78.9 Å². The Morgan fingerprint density at radius 3 is 2.83 bits per heavy atom. The first kappa shape index (κ1) is 13.1. The molecule has 18 heavy (non-hydrogen) atoms. The number of nitrogens with zero attached hydrogens (tertiary/aromatic N) is 1. The average molecular weight is 256 g/mol. The zero-order chi connectivity index (χ0) is 13.2. The lowest BCUT2D eigenvalue weighted by Crippen LogP contribution is -2.45. The van der Waals surface area contributed by atoms with Gasteiger partial charge >= 0.3 is 12.0 Å². The van der Waals surface area contributed by atoms with Gasteiger partial charge in [0.2, 0.25) is 0 Å². The van der Waals surface area contributed by atoms with Crippen LogP contribution >= 0.6 is 0 Å². The normalized spacial score (nSPS) is 26.3. The van der Waals surface area contributed by atoms with Gasteiger partial charge in [0.25, 0.3) is 0 Å². The molecule has 0 aromatic heterocycles. The third-order valence-electron chi connectivity index (χ3n) is 3.62. The molecule has 1 saturated carbocycles. The molecule has 2 rings (SSSR count). The lowest BCUT2D eigenvalue weighted by molar-refractivity contribution is -0.143. The Kier molecular flexibility index (Phi) is 3.75. The fourth-order valence-electron chi connectivity index (χ4n) is 2.15. The van der Waals surface area contributed by atoms with Crippen LogP contribution in [0.15, 0.2) is 0 Å². The SMILES string of the molecule is CC1CN(C(=O)NCC2(C(=O)O)CC2)CCCO1. The summed E-state index contributed by atoms with van der Waals surface area (Å²) in [5.41, 5.74) is -0.705. The van der Waals surface area contributed by atoms with Gasteiger partial charge in [0, 0.05) is 26.2 Å². The summed E-state index contributed by atoms with van der Waals surface area (Å²) in [5, 5.41) is 11.8. The van der Waals surface area contributed by atoms with Gasteiger partial charge in [-0.3, -0.25) is 4.79 Å². The molecule has 6 nitrogen and oxygen atoms in total. The third-order valence-corrected chi connectivity index (χ3v) is 3.62. The first-order valence-corrected chi connectivity index (χ1v) is 6.41. The van der Waals surface area contributed by atoms with E-state index in [9.17, 15) is 9.59 Å². The van der Waals surface area contributed by atoms with Crippen LogP contribution in [0.3, 0.4) is 0 Å². The first-order valence-electron chi connectivity index (χ1n) is 6.41. The standard InChI is InChI=1S/C12H20N2O4/c1-9-7-14(5-2-6-18-9)11(17)13-8-12(3-4-12)10(15)16/h9H,2-8H2,1H3,(H,13,17)(H,15,16). The van der Waals surface area contributed by atoms with Crippen molar-refractivity contribution >= 4 is 12.0 Å². The lowest BCUT2D eigenvalue weighted by Gasteiger charge is -2.23. The molecule has 0 radical (unpaired) electrons. The van der Waals surface area contributed by atoms with Crippen molar-refractivity contribution in [2.45, 2.75) is 32.3 Å². The number of urea groups is 1. The van der Waals surface area contributed by atoms with Crippen molar-refractivity contribution in [3.05, 3.63) is 0 Å². The van der Waals surface area contributed by atoms with E-state index in [-0.39, 0.29) is 18.7 Å². The molecule has 6 heteroatoms. The second-order valence-electron chi connectivity index (χ2n) is 5.23. The van der Waals surface area contributed by atoms with Crippen molar-refractivity contribution in [3.63, 3.8) is 0 Å². The summed E-state index contributed by atoms with van der Waals surface area (Å²) in [6, 6.07) is -0.181. The summed E-state index contributed by atoms with van der Waals surface area (Å²) in [6.45, 7) is 4.06. The maximum absolute atomic E-state index is 12.0. The molecular weight excluding hydrogens is 236 g/mol. The van der Waals surface area contributed by atoms with Crippen LogP contribution in [0.25, 0.3) is 0 Å². The zero-order valence-corrected chi connectivity index (χ0v) is 10.6. The van der Waals surface area contributed by atoms with E-state index in [0.29, 0.717) is 32.5 Å². The van der Waals surface area contributed by atoms with Crippen LogP contribution in [0.1, 0.15) is 26.2 Å². The Morgan fingerprint density at radius 1 is 1.50 bits per heavy atom. The number of carboxylic acids is 1. The van der Waals surface area contributed by atoms with Crippen LogP contribution in [0, 0.1) is 5.41 Å². The second-order valence-corrected chi connectivity index (χ2v) is 5.23. The minimum atomic E-state index is -0.810. The minimum absolute atomic E-state index is 0.0348. The molecule has 1 aliphatic heterocycles. The number of amides is 2. The predicted octanol–water partition coefficient (Wildman–Crippen LogP) is 0.672. The Hall–Kier alpha value is -1.30. The van der Waals surface area contributed by atoms with Crippen LogP contribution in [0.2, 0.25) is 0 Å². The van der Waals surface area contributed by atoms with Crippen LogP contribution in [-0.2, 0) is 9.53 Å². The van der Waals surface area contributed by atoms with Crippen LogP contribution in [0.4, 0.5) is 4.79 Å². The molecule has 2 aliphatic rings.